The highest BCUT2D eigenvalue weighted by molar-refractivity contribution is 7.42. The average Bonchev–Trinajstić information content (AvgIpc) is 2.48. The molecule has 1 rings (SSSR count). The molecular formula is C14H22NO5P. The van der Waals surface area contributed by atoms with Crippen molar-refractivity contribution in [3.8, 4) is 5.75 Å². The Bertz CT molecular complexity index is 402. The predicted molar refractivity (Wildman–Crippen MR) is 82.4 cm³/mol. The molecule has 0 spiro atoms. The van der Waals surface area contributed by atoms with Gasteiger partial charge in [-0.25, -0.2) is 0 Å². The van der Waals surface area contributed by atoms with Crippen molar-refractivity contribution in [3.05, 3.63) is 34.4 Å². The van der Waals surface area contributed by atoms with Gasteiger partial charge in [0.15, 0.2) is 0 Å². The molecule has 0 atom stereocenters. The Balaban J connectivity index is 2.54. The van der Waals surface area contributed by atoms with E-state index in [0.29, 0.717) is 19.0 Å². The van der Waals surface area contributed by atoms with Crippen molar-refractivity contribution in [1.82, 2.24) is 0 Å². The monoisotopic (exact) mass is 315 g/mol. The van der Waals surface area contributed by atoms with Gasteiger partial charge < -0.3 is 13.6 Å². The van der Waals surface area contributed by atoms with Crippen molar-refractivity contribution in [2.75, 3.05) is 13.2 Å². The van der Waals surface area contributed by atoms with Crippen LogP contribution in [-0.4, -0.2) is 18.1 Å². The second kappa shape index (κ2) is 10.5. The molecule has 0 aliphatic heterocycles. The molecule has 1 aromatic carbocycles. The third-order valence-electron chi connectivity index (χ3n) is 2.62. The second-order valence-corrected chi connectivity index (χ2v) is 5.59. The summed E-state index contributed by atoms with van der Waals surface area (Å²) in [7, 11) is -1.45. The molecule has 21 heavy (non-hydrogen) atoms. The number of non-ortho nitro benzene ring substituents is 1. The van der Waals surface area contributed by atoms with Gasteiger partial charge in [-0.05, 0) is 25.0 Å². The molecule has 0 aliphatic carbocycles. The van der Waals surface area contributed by atoms with E-state index < -0.39 is 13.5 Å². The van der Waals surface area contributed by atoms with Gasteiger partial charge in [0.05, 0.1) is 18.1 Å². The van der Waals surface area contributed by atoms with Crippen LogP contribution >= 0.6 is 8.60 Å². The van der Waals surface area contributed by atoms with Crippen LogP contribution in [0.2, 0.25) is 0 Å². The number of nitro benzene ring substituents is 1. The molecule has 0 fully saturated rings. The van der Waals surface area contributed by atoms with Crippen LogP contribution in [0.1, 0.15) is 39.5 Å². The van der Waals surface area contributed by atoms with Crippen LogP contribution in [0.25, 0.3) is 0 Å². The van der Waals surface area contributed by atoms with Gasteiger partial charge in [-0.1, -0.05) is 26.7 Å². The highest BCUT2D eigenvalue weighted by Crippen LogP contribution is 2.41. The van der Waals surface area contributed by atoms with Crippen LogP contribution < -0.4 is 4.52 Å². The number of hydrogen-bond acceptors (Lipinski definition) is 5. The molecular weight excluding hydrogens is 293 g/mol. The zero-order chi connectivity index (χ0) is 15.5. The molecule has 0 heterocycles. The van der Waals surface area contributed by atoms with E-state index in [2.05, 4.69) is 13.8 Å². The summed E-state index contributed by atoms with van der Waals surface area (Å²) in [6.45, 7) is 5.34. The van der Waals surface area contributed by atoms with Crippen LogP contribution in [0, 0.1) is 10.1 Å². The summed E-state index contributed by atoms with van der Waals surface area (Å²) < 4.78 is 16.8. The van der Waals surface area contributed by atoms with E-state index in [1.165, 1.54) is 12.1 Å². The van der Waals surface area contributed by atoms with Crippen molar-refractivity contribution in [2.24, 2.45) is 0 Å². The summed E-state index contributed by atoms with van der Waals surface area (Å²) >= 11 is 0. The largest absolute Gasteiger partial charge is 0.427 e. The van der Waals surface area contributed by atoms with Gasteiger partial charge in [0.25, 0.3) is 5.69 Å². The molecule has 0 saturated carbocycles. The van der Waals surface area contributed by atoms with Crippen molar-refractivity contribution >= 4 is 14.3 Å². The van der Waals surface area contributed by atoms with Crippen molar-refractivity contribution in [1.29, 1.82) is 0 Å². The van der Waals surface area contributed by atoms with Crippen LogP contribution in [0.15, 0.2) is 24.3 Å². The maximum Gasteiger partial charge on any atom is 0.397 e. The first-order valence-corrected chi connectivity index (χ1v) is 8.25. The van der Waals surface area contributed by atoms with E-state index in [9.17, 15) is 10.1 Å². The lowest BCUT2D eigenvalue weighted by Crippen LogP contribution is -2.00. The molecule has 6 nitrogen and oxygen atoms in total. The van der Waals surface area contributed by atoms with E-state index in [4.69, 9.17) is 13.6 Å². The predicted octanol–water partition coefficient (Wildman–Crippen LogP) is 4.83. The Hall–Kier alpha value is -1.23. The lowest BCUT2D eigenvalue weighted by molar-refractivity contribution is -0.384. The number of hydrogen-bond donors (Lipinski definition) is 0. The smallest absolute Gasteiger partial charge is 0.397 e. The Labute approximate surface area is 126 Å². The number of benzene rings is 1. The maximum absolute atomic E-state index is 10.6. The first kappa shape index (κ1) is 17.8. The van der Waals surface area contributed by atoms with Gasteiger partial charge in [-0.15, -0.1) is 0 Å². The van der Waals surface area contributed by atoms with Gasteiger partial charge >= 0.3 is 8.60 Å². The van der Waals surface area contributed by atoms with Crippen molar-refractivity contribution in [3.63, 3.8) is 0 Å². The number of unbranched alkanes of at least 4 members (excludes halogenated alkanes) is 2. The van der Waals surface area contributed by atoms with Crippen molar-refractivity contribution < 1.29 is 18.5 Å². The summed E-state index contributed by atoms with van der Waals surface area (Å²) in [6.07, 6.45) is 3.96. The molecule has 0 unspecified atom stereocenters. The lowest BCUT2D eigenvalue weighted by Gasteiger charge is -2.16. The highest BCUT2D eigenvalue weighted by atomic mass is 31.2. The fourth-order valence-electron chi connectivity index (χ4n) is 1.37. The minimum atomic E-state index is -1.45. The fraction of sp³-hybridized carbons (Fsp3) is 0.571. The number of rotatable bonds is 11. The van der Waals surface area contributed by atoms with Gasteiger partial charge in [-0.2, -0.15) is 0 Å². The summed E-state index contributed by atoms with van der Waals surface area (Å²) in [5.74, 6) is 0.514. The van der Waals surface area contributed by atoms with E-state index in [0.717, 1.165) is 25.7 Å². The first-order valence-electron chi connectivity index (χ1n) is 7.15. The van der Waals surface area contributed by atoms with Gasteiger partial charge in [0, 0.05) is 12.1 Å². The minimum Gasteiger partial charge on any atom is -0.427 e. The Morgan fingerprint density at radius 2 is 1.57 bits per heavy atom. The van der Waals surface area contributed by atoms with E-state index >= 15 is 0 Å². The Morgan fingerprint density at radius 3 is 2.00 bits per heavy atom. The molecule has 0 aliphatic rings. The Morgan fingerprint density at radius 1 is 1.05 bits per heavy atom. The van der Waals surface area contributed by atoms with Crippen LogP contribution in [0.4, 0.5) is 5.69 Å². The molecule has 0 saturated heterocycles. The number of nitro groups is 1. The normalized spacial score (nSPS) is 10.8. The molecule has 0 bridgehead atoms. The van der Waals surface area contributed by atoms with E-state index in [-0.39, 0.29) is 5.69 Å². The molecule has 0 radical (unpaired) electrons. The third-order valence-corrected chi connectivity index (χ3v) is 3.76. The molecule has 0 N–H and O–H groups in total. The van der Waals surface area contributed by atoms with E-state index in [1.54, 1.807) is 12.1 Å². The van der Waals surface area contributed by atoms with Gasteiger partial charge in [0.2, 0.25) is 0 Å². The Kier molecular flexibility index (Phi) is 8.90. The summed E-state index contributed by atoms with van der Waals surface area (Å²) in [5, 5.41) is 10.6. The second-order valence-electron chi connectivity index (χ2n) is 4.44. The van der Waals surface area contributed by atoms with Gasteiger partial charge in [-0.3, -0.25) is 10.1 Å². The molecule has 0 amide bonds. The quantitative estimate of drug-likeness (QED) is 0.253. The minimum absolute atomic E-state index is 0.0329. The summed E-state index contributed by atoms with van der Waals surface area (Å²) in [4.78, 5) is 10.2. The summed E-state index contributed by atoms with van der Waals surface area (Å²) in [6, 6.07) is 5.92. The standard InChI is InChI=1S/C14H22NO5P/c1-3-5-11-18-21(19-12-6-4-2)20-14-9-7-13(8-10-14)15(16)17/h7-10H,3-6,11-12H2,1-2H3. The highest BCUT2D eigenvalue weighted by Gasteiger charge is 2.15. The SMILES string of the molecule is CCCCOP(OCCCC)Oc1ccc([N+](=O)[O-])cc1. The van der Waals surface area contributed by atoms with Gasteiger partial charge in [0.1, 0.15) is 5.75 Å². The zero-order valence-electron chi connectivity index (χ0n) is 12.5. The molecule has 118 valence electrons. The third kappa shape index (κ3) is 7.37. The van der Waals surface area contributed by atoms with Crippen LogP contribution in [0.5, 0.6) is 5.75 Å². The average molecular weight is 315 g/mol. The van der Waals surface area contributed by atoms with Crippen molar-refractivity contribution in [2.45, 2.75) is 39.5 Å². The fourth-order valence-corrected chi connectivity index (χ4v) is 2.40. The maximum atomic E-state index is 10.6. The zero-order valence-corrected chi connectivity index (χ0v) is 13.4. The van der Waals surface area contributed by atoms with Crippen LogP contribution in [-0.2, 0) is 9.05 Å². The molecule has 0 aromatic heterocycles. The molecule has 1 aromatic rings. The molecule has 7 heteroatoms. The summed E-state index contributed by atoms with van der Waals surface area (Å²) in [5.41, 5.74) is 0.0329. The van der Waals surface area contributed by atoms with Crippen LogP contribution in [0.3, 0.4) is 0 Å². The topological polar surface area (TPSA) is 70.8 Å². The lowest BCUT2D eigenvalue weighted by atomic mass is 10.3. The first-order chi connectivity index (χ1) is 10.2. The van der Waals surface area contributed by atoms with E-state index in [1.807, 2.05) is 0 Å². The number of nitrogens with zero attached hydrogens (tertiary/aromatic N) is 1.